The van der Waals surface area contributed by atoms with Gasteiger partial charge in [-0.3, -0.25) is 0 Å². The van der Waals surface area contributed by atoms with Gasteiger partial charge in [-0.25, -0.2) is 14.4 Å². The number of aryl methyl sites for hydroxylation is 1. The zero-order chi connectivity index (χ0) is 23.1. The number of hydrogen-bond donors (Lipinski definition) is 3. The summed E-state index contributed by atoms with van der Waals surface area (Å²) in [4.78, 5) is 7.88. The highest BCUT2D eigenvalue weighted by molar-refractivity contribution is 7.98. The van der Waals surface area contributed by atoms with E-state index in [4.69, 9.17) is 15.0 Å². The molecule has 33 heavy (non-hydrogen) atoms. The molecular formula is C22H22FN5O4S. The van der Waals surface area contributed by atoms with Crippen LogP contribution in [-0.2, 0) is 10.5 Å². The van der Waals surface area contributed by atoms with E-state index in [0.717, 1.165) is 23.0 Å². The predicted molar refractivity (Wildman–Crippen MR) is 121 cm³/mol. The van der Waals surface area contributed by atoms with Crippen LogP contribution in [0.5, 0.6) is 0 Å². The molecule has 0 bridgehead atoms. The Labute approximate surface area is 192 Å². The number of halogens is 1. The lowest BCUT2D eigenvalue weighted by Gasteiger charge is -2.17. The molecule has 172 valence electrons. The molecule has 1 aliphatic rings. The first-order chi connectivity index (χ1) is 16.0. The highest BCUT2D eigenvalue weighted by Gasteiger charge is 2.44. The summed E-state index contributed by atoms with van der Waals surface area (Å²) >= 11 is 1.52. The van der Waals surface area contributed by atoms with Crippen molar-refractivity contribution in [1.29, 1.82) is 0 Å². The average molecular weight is 472 g/mol. The summed E-state index contributed by atoms with van der Waals surface area (Å²) in [6.07, 6.45) is -1.74. The van der Waals surface area contributed by atoms with Gasteiger partial charge in [0.05, 0.1) is 17.2 Å². The van der Waals surface area contributed by atoms with Crippen molar-refractivity contribution >= 4 is 28.6 Å². The lowest BCUT2D eigenvalue weighted by molar-refractivity contribution is -0.0288. The molecule has 0 spiro atoms. The second-order valence-corrected chi connectivity index (χ2v) is 8.88. The van der Waals surface area contributed by atoms with Crippen molar-refractivity contribution in [2.45, 2.75) is 37.2 Å². The quantitative estimate of drug-likeness (QED) is 0.388. The number of rotatable bonds is 6. The fourth-order valence-electron chi connectivity index (χ4n) is 4.00. The molecule has 1 saturated heterocycles. The molecule has 1 aromatic carbocycles. The Morgan fingerprint density at radius 2 is 1.97 bits per heavy atom. The van der Waals surface area contributed by atoms with Gasteiger partial charge in [0.2, 0.25) is 0 Å². The Hall–Kier alpha value is -2.99. The monoisotopic (exact) mass is 471 g/mol. The maximum absolute atomic E-state index is 14.4. The third-order valence-electron chi connectivity index (χ3n) is 5.75. The maximum Gasteiger partial charge on any atom is 0.171 e. The summed E-state index contributed by atoms with van der Waals surface area (Å²) in [5.74, 6) is 1.06. The molecule has 11 heteroatoms. The largest absolute Gasteiger partial charge is 0.387 e. The Morgan fingerprint density at radius 1 is 1.18 bits per heavy atom. The van der Waals surface area contributed by atoms with Crippen molar-refractivity contribution in [3.63, 3.8) is 0 Å². The van der Waals surface area contributed by atoms with Gasteiger partial charge in [-0.15, -0.1) is 0 Å². The molecule has 4 heterocycles. The summed E-state index contributed by atoms with van der Waals surface area (Å²) < 4.78 is 27.2. The lowest BCUT2D eigenvalue weighted by Crippen LogP contribution is -2.32. The minimum absolute atomic E-state index is 0.00491. The molecule has 4 aromatic rings. The number of fused-ring (bicyclic) bond motifs is 1. The van der Waals surface area contributed by atoms with Crippen molar-refractivity contribution in [2.24, 2.45) is 0 Å². The number of ether oxygens (including phenoxy) is 1. The van der Waals surface area contributed by atoms with E-state index < -0.39 is 30.4 Å². The lowest BCUT2D eigenvalue weighted by atomic mass is 10.1. The molecule has 9 nitrogen and oxygen atoms in total. The fourth-order valence-corrected chi connectivity index (χ4v) is 5.17. The standard InChI is InChI=1S/C22H22FN5O4S/c1-11-13(19(32-27-11)12-5-3-2-4-6-12)8-33-9-15-17(29)18(30)22(31-15)28-7-14(23)16-20(24)25-10-26-21(16)28/h2-7,10,15,17-18,22,29-30H,8-9H2,1H3,(H2,24,25,26)/t15-,17-,18-,22-/m1/s1. The minimum Gasteiger partial charge on any atom is -0.387 e. The third kappa shape index (κ3) is 3.86. The molecular weight excluding hydrogens is 449 g/mol. The van der Waals surface area contributed by atoms with Crippen molar-refractivity contribution in [1.82, 2.24) is 19.7 Å². The fraction of sp³-hybridized carbons (Fsp3) is 0.318. The molecule has 0 unspecified atom stereocenters. The van der Waals surface area contributed by atoms with Gasteiger partial charge in [0.1, 0.15) is 24.4 Å². The molecule has 4 atom stereocenters. The Balaban J connectivity index is 1.30. The molecule has 0 saturated carbocycles. The van der Waals surface area contributed by atoms with E-state index in [1.54, 1.807) is 0 Å². The normalized spacial score (nSPS) is 22.9. The van der Waals surface area contributed by atoms with Gasteiger partial charge in [-0.1, -0.05) is 35.5 Å². The number of nitrogen functional groups attached to an aromatic ring is 1. The van der Waals surface area contributed by atoms with Crippen molar-refractivity contribution < 1.29 is 23.9 Å². The minimum atomic E-state index is -1.26. The Kier molecular flexibility index (Phi) is 5.79. The topological polar surface area (TPSA) is 132 Å². The van der Waals surface area contributed by atoms with Crippen LogP contribution in [0.25, 0.3) is 22.4 Å². The summed E-state index contributed by atoms with van der Waals surface area (Å²) in [6, 6.07) is 9.70. The second kappa shape index (κ2) is 8.75. The summed E-state index contributed by atoms with van der Waals surface area (Å²) in [5, 5.41) is 25.3. The molecule has 5 rings (SSSR count). The van der Waals surface area contributed by atoms with Crippen LogP contribution in [0.1, 0.15) is 17.5 Å². The molecule has 3 aromatic heterocycles. The van der Waals surface area contributed by atoms with Crippen molar-refractivity contribution in [3.05, 3.63) is 59.9 Å². The van der Waals surface area contributed by atoms with Crippen molar-refractivity contribution in [2.75, 3.05) is 11.5 Å². The van der Waals surface area contributed by atoms with Crippen LogP contribution >= 0.6 is 11.8 Å². The van der Waals surface area contributed by atoms with Crippen LogP contribution in [0.2, 0.25) is 0 Å². The number of nitrogens with zero attached hydrogens (tertiary/aromatic N) is 4. The van der Waals surface area contributed by atoms with Gasteiger partial charge in [-0.2, -0.15) is 11.8 Å². The molecule has 0 radical (unpaired) electrons. The zero-order valence-corrected chi connectivity index (χ0v) is 18.4. The van der Waals surface area contributed by atoms with Crippen LogP contribution in [-0.4, -0.2) is 54.0 Å². The highest BCUT2D eigenvalue weighted by atomic mass is 32.2. The summed E-state index contributed by atoms with van der Waals surface area (Å²) in [6.45, 7) is 1.88. The number of hydrogen-bond acceptors (Lipinski definition) is 9. The van der Waals surface area contributed by atoms with Crippen LogP contribution in [0.3, 0.4) is 0 Å². The average Bonchev–Trinajstić information content (AvgIpc) is 3.44. The molecule has 1 fully saturated rings. The molecule has 0 aliphatic carbocycles. The van der Waals surface area contributed by atoms with Crippen LogP contribution in [0.4, 0.5) is 10.2 Å². The van der Waals surface area contributed by atoms with Gasteiger partial charge in [0.15, 0.2) is 23.5 Å². The SMILES string of the molecule is Cc1noc(-c2ccccc2)c1CSC[C@H]1O[C@@H](n2cc(F)c3c(N)ncnc32)[C@H](O)[C@@H]1O. The first kappa shape index (κ1) is 21.8. The molecule has 1 aliphatic heterocycles. The van der Waals surface area contributed by atoms with Crippen LogP contribution < -0.4 is 5.73 Å². The predicted octanol–water partition coefficient (Wildman–Crippen LogP) is 2.67. The van der Waals surface area contributed by atoms with E-state index in [0.29, 0.717) is 17.3 Å². The van der Waals surface area contributed by atoms with E-state index in [9.17, 15) is 14.6 Å². The van der Waals surface area contributed by atoms with Crippen molar-refractivity contribution in [3.8, 4) is 11.3 Å². The number of nitrogens with two attached hydrogens (primary N) is 1. The van der Waals surface area contributed by atoms with E-state index in [1.165, 1.54) is 22.7 Å². The number of aliphatic hydroxyl groups is 2. The zero-order valence-electron chi connectivity index (χ0n) is 17.6. The van der Waals surface area contributed by atoms with E-state index in [-0.39, 0.29) is 16.9 Å². The summed E-state index contributed by atoms with van der Waals surface area (Å²) in [7, 11) is 0. The van der Waals surface area contributed by atoms with Gasteiger partial charge in [-0.05, 0) is 6.92 Å². The second-order valence-electron chi connectivity index (χ2n) is 7.84. The van der Waals surface area contributed by atoms with Gasteiger partial charge >= 0.3 is 0 Å². The Bertz CT molecular complexity index is 1280. The van der Waals surface area contributed by atoms with Crippen LogP contribution in [0.15, 0.2) is 47.4 Å². The van der Waals surface area contributed by atoms with Crippen LogP contribution in [0, 0.1) is 12.7 Å². The highest BCUT2D eigenvalue weighted by Crippen LogP contribution is 2.36. The number of aromatic nitrogens is 4. The third-order valence-corrected chi connectivity index (χ3v) is 6.81. The smallest absolute Gasteiger partial charge is 0.171 e. The van der Waals surface area contributed by atoms with E-state index in [2.05, 4.69) is 15.1 Å². The first-order valence-electron chi connectivity index (χ1n) is 10.3. The van der Waals surface area contributed by atoms with Gasteiger partial charge in [0.25, 0.3) is 0 Å². The Morgan fingerprint density at radius 3 is 2.76 bits per heavy atom. The van der Waals surface area contributed by atoms with E-state index >= 15 is 0 Å². The number of benzene rings is 1. The number of aliphatic hydroxyl groups excluding tert-OH is 2. The molecule has 0 amide bonds. The van der Waals surface area contributed by atoms with Gasteiger partial charge in [0, 0.05) is 28.8 Å². The van der Waals surface area contributed by atoms with E-state index in [1.807, 2.05) is 37.3 Å². The number of anilines is 1. The maximum atomic E-state index is 14.4. The summed E-state index contributed by atoms with van der Waals surface area (Å²) in [5.41, 5.74) is 8.64. The molecule has 4 N–H and O–H groups in total. The number of thioether (sulfide) groups is 1. The van der Waals surface area contributed by atoms with Gasteiger partial charge < -0.3 is 29.8 Å². The first-order valence-corrected chi connectivity index (χ1v) is 11.5.